The van der Waals surface area contributed by atoms with Crippen molar-refractivity contribution in [2.75, 3.05) is 20.8 Å². The number of hydrogen-bond acceptors (Lipinski definition) is 3. The molecule has 0 aliphatic carbocycles. The molecule has 2 N–H and O–H groups in total. The van der Waals surface area contributed by atoms with Gasteiger partial charge in [-0.15, -0.1) is 0 Å². The lowest BCUT2D eigenvalue weighted by Gasteiger charge is -2.20. The van der Waals surface area contributed by atoms with E-state index in [0.717, 1.165) is 23.5 Å². The molecule has 2 rings (SSSR count). The highest BCUT2D eigenvalue weighted by Crippen LogP contribution is 2.32. The summed E-state index contributed by atoms with van der Waals surface area (Å²) in [5.41, 5.74) is 11.1. The molecule has 118 valence electrons. The van der Waals surface area contributed by atoms with Crippen molar-refractivity contribution in [1.82, 2.24) is 0 Å². The number of benzene rings is 2. The standard InChI is InChI=1S/C19H25NO2/c1-13-5-6-14(2)15(9-13)10-16(12-20)18-8-7-17(21-3)11-19(18)22-4/h5-9,11,16H,10,12,20H2,1-4H3. The summed E-state index contributed by atoms with van der Waals surface area (Å²) in [6, 6.07) is 12.5. The van der Waals surface area contributed by atoms with Crippen LogP contribution in [0.15, 0.2) is 36.4 Å². The van der Waals surface area contributed by atoms with E-state index >= 15 is 0 Å². The van der Waals surface area contributed by atoms with Gasteiger partial charge in [-0.3, -0.25) is 0 Å². The van der Waals surface area contributed by atoms with E-state index < -0.39 is 0 Å². The third kappa shape index (κ3) is 3.60. The molecule has 3 nitrogen and oxygen atoms in total. The van der Waals surface area contributed by atoms with Crippen LogP contribution < -0.4 is 15.2 Å². The molecule has 0 fully saturated rings. The Kier molecular flexibility index (Phi) is 5.45. The van der Waals surface area contributed by atoms with Gasteiger partial charge in [-0.2, -0.15) is 0 Å². The second kappa shape index (κ2) is 7.32. The van der Waals surface area contributed by atoms with Gasteiger partial charge >= 0.3 is 0 Å². The summed E-state index contributed by atoms with van der Waals surface area (Å²) < 4.78 is 10.8. The molecule has 22 heavy (non-hydrogen) atoms. The van der Waals surface area contributed by atoms with E-state index in [2.05, 4.69) is 38.1 Å². The Morgan fingerprint density at radius 1 is 1.00 bits per heavy atom. The van der Waals surface area contributed by atoms with Crippen LogP contribution in [0.4, 0.5) is 0 Å². The van der Waals surface area contributed by atoms with Crippen LogP contribution in [0.2, 0.25) is 0 Å². The van der Waals surface area contributed by atoms with E-state index in [9.17, 15) is 0 Å². The maximum atomic E-state index is 6.05. The van der Waals surface area contributed by atoms with Crippen LogP contribution in [0.25, 0.3) is 0 Å². The third-order valence-electron chi connectivity index (χ3n) is 4.14. The highest BCUT2D eigenvalue weighted by Gasteiger charge is 2.17. The SMILES string of the molecule is COc1ccc(C(CN)Cc2cc(C)ccc2C)c(OC)c1. The number of nitrogens with two attached hydrogens (primary N) is 1. The number of hydrogen-bond donors (Lipinski definition) is 1. The first kappa shape index (κ1) is 16.4. The topological polar surface area (TPSA) is 44.5 Å². The summed E-state index contributed by atoms with van der Waals surface area (Å²) in [6.07, 6.45) is 0.909. The molecule has 3 heteroatoms. The van der Waals surface area contributed by atoms with Gasteiger partial charge in [0.05, 0.1) is 14.2 Å². The summed E-state index contributed by atoms with van der Waals surface area (Å²) in [6.45, 7) is 4.85. The Morgan fingerprint density at radius 2 is 1.77 bits per heavy atom. The molecule has 0 aliphatic heterocycles. The van der Waals surface area contributed by atoms with Crippen LogP contribution in [0.1, 0.15) is 28.2 Å². The molecule has 0 radical (unpaired) electrons. The molecule has 0 amide bonds. The predicted molar refractivity (Wildman–Crippen MR) is 91.0 cm³/mol. The minimum Gasteiger partial charge on any atom is -0.497 e. The van der Waals surface area contributed by atoms with E-state index in [1.807, 2.05) is 12.1 Å². The second-order valence-corrected chi connectivity index (χ2v) is 5.67. The average Bonchev–Trinajstić information content (AvgIpc) is 2.55. The molecule has 2 aromatic rings. The number of rotatable bonds is 6. The fourth-order valence-electron chi connectivity index (χ4n) is 2.76. The zero-order chi connectivity index (χ0) is 16.1. The average molecular weight is 299 g/mol. The lowest BCUT2D eigenvalue weighted by molar-refractivity contribution is 0.388. The normalized spacial score (nSPS) is 12.0. The highest BCUT2D eigenvalue weighted by atomic mass is 16.5. The van der Waals surface area contributed by atoms with Gasteiger partial charge < -0.3 is 15.2 Å². The van der Waals surface area contributed by atoms with Crippen molar-refractivity contribution in [1.29, 1.82) is 0 Å². The summed E-state index contributed by atoms with van der Waals surface area (Å²) in [5.74, 6) is 1.85. The van der Waals surface area contributed by atoms with Crippen LogP contribution in [0.5, 0.6) is 11.5 Å². The van der Waals surface area contributed by atoms with Gasteiger partial charge in [-0.25, -0.2) is 0 Å². The molecule has 0 heterocycles. The summed E-state index contributed by atoms with van der Waals surface area (Å²) >= 11 is 0. The fourth-order valence-corrected chi connectivity index (χ4v) is 2.76. The Labute approximate surface area is 133 Å². The molecule has 0 aliphatic rings. The Bertz CT molecular complexity index is 637. The smallest absolute Gasteiger partial charge is 0.126 e. The van der Waals surface area contributed by atoms with Crippen LogP contribution in [-0.2, 0) is 6.42 Å². The van der Waals surface area contributed by atoms with Crippen LogP contribution >= 0.6 is 0 Å². The zero-order valence-electron chi connectivity index (χ0n) is 13.8. The van der Waals surface area contributed by atoms with Gasteiger partial charge in [-0.05, 0) is 49.6 Å². The summed E-state index contributed by atoms with van der Waals surface area (Å²) in [7, 11) is 3.34. The molecule has 0 bridgehead atoms. The van der Waals surface area contributed by atoms with Gasteiger partial charge in [0.25, 0.3) is 0 Å². The first-order valence-corrected chi connectivity index (χ1v) is 7.57. The molecular formula is C19H25NO2. The minimum absolute atomic E-state index is 0.223. The molecule has 1 unspecified atom stereocenters. The van der Waals surface area contributed by atoms with Gasteiger partial charge in [0.15, 0.2) is 0 Å². The fraction of sp³-hybridized carbons (Fsp3) is 0.368. The van der Waals surface area contributed by atoms with E-state index in [0.29, 0.717) is 6.54 Å². The van der Waals surface area contributed by atoms with Crippen LogP contribution in [0.3, 0.4) is 0 Å². The lowest BCUT2D eigenvalue weighted by atomic mass is 9.89. The van der Waals surface area contributed by atoms with Crippen molar-refractivity contribution in [2.45, 2.75) is 26.2 Å². The van der Waals surface area contributed by atoms with Crippen molar-refractivity contribution in [2.24, 2.45) is 5.73 Å². The van der Waals surface area contributed by atoms with E-state index in [-0.39, 0.29) is 5.92 Å². The van der Waals surface area contributed by atoms with Crippen molar-refractivity contribution in [3.05, 3.63) is 58.7 Å². The highest BCUT2D eigenvalue weighted by molar-refractivity contribution is 5.44. The van der Waals surface area contributed by atoms with Crippen LogP contribution in [-0.4, -0.2) is 20.8 Å². The van der Waals surface area contributed by atoms with E-state index in [1.165, 1.54) is 16.7 Å². The number of aryl methyl sites for hydroxylation is 2. The Balaban J connectivity index is 2.34. The van der Waals surface area contributed by atoms with Crippen molar-refractivity contribution >= 4 is 0 Å². The third-order valence-corrected chi connectivity index (χ3v) is 4.14. The summed E-state index contributed by atoms with van der Waals surface area (Å²) in [4.78, 5) is 0. The maximum Gasteiger partial charge on any atom is 0.126 e. The quantitative estimate of drug-likeness (QED) is 0.886. The van der Waals surface area contributed by atoms with E-state index in [1.54, 1.807) is 14.2 Å². The molecule has 0 saturated carbocycles. The number of ether oxygens (including phenoxy) is 2. The van der Waals surface area contributed by atoms with Gasteiger partial charge in [-0.1, -0.05) is 29.8 Å². The van der Waals surface area contributed by atoms with Crippen molar-refractivity contribution < 1.29 is 9.47 Å². The van der Waals surface area contributed by atoms with Crippen LogP contribution in [0, 0.1) is 13.8 Å². The van der Waals surface area contributed by atoms with Crippen molar-refractivity contribution in [3.63, 3.8) is 0 Å². The molecule has 0 aromatic heterocycles. The molecule has 0 saturated heterocycles. The Morgan fingerprint density at radius 3 is 2.41 bits per heavy atom. The monoisotopic (exact) mass is 299 g/mol. The molecule has 2 aromatic carbocycles. The first-order chi connectivity index (χ1) is 10.6. The largest absolute Gasteiger partial charge is 0.497 e. The second-order valence-electron chi connectivity index (χ2n) is 5.67. The molecule has 0 spiro atoms. The Hall–Kier alpha value is -2.00. The van der Waals surface area contributed by atoms with E-state index in [4.69, 9.17) is 15.2 Å². The zero-order valence-corrected chi connectivity index (χ0v) is 13.8. The minimum atomic E-state index is 0.223. The lowest BCUT2D eigenvalue weighted by Crippen LogP contribution is -2.16. The van der Waals surface area contributed by atoms with Gasteiger partial charge in [0.2, 0.25) is 0 Å². The molecule has 1 atom stereocenters. The maximum absolute atomic E-state index is 6.05. The molecular weight excluding hydrogens is 274 g/mol. The summed E-state index contributed by atoms with van der Waals surface area (Å²) in [5, 5.41) is 0. The number of methoxy groups -OCH3 is 2. The van der Waals surface area contributed by atoms with Gasteiger partial charge in [0, 0.05) is 12.0 Å². The first-order valence-electron chi connectivity index (χ1n) is 7.57. The predicted octanol–water partition coefficient (Wildman–Crippen LogP) is 3.61. The van der Waals surface area contributed by atoms with Crippen molar-refractivity contribution in [3.8, 4) is 11.5 Å². The van der Waals surface area contributed by atoms with Gasteiger partial charge in [0.1, 0.15) is 11.5 Å².